The van der Waals surface area contributed by atoms with E-state index in [0.717, 1.165) is 15.7 Å². The molecule has 2 aromatic carbocycles. The van der Waals surface area contributed by atoms with Gasteiger partial charge >= 0.3 is 0 Å². The molecule has 0 aliphatic carbocycles. The lowest BCUT2D eigenvalue weighted by Crippen LogP contribution is -2.11. The van der Waals surface area contributed by atoms with Crippen LogP contribution in [0.3, 0.4) is 0 Å². The molecule has 0 atom stereocenters. The maximum Gasteiger partial charge on any atom is 0.257 e. The number of rotatable bonds is 3. The Bertz CT molecular complexity index is 832. The second-order valence-corrected chi connectivity index (χ2v) is 6.40. The molecule has 110 valence electrons. The first-order valence-corrected chi connectivity index (χ1v) is 8.17. The van der Waals surface area contributed by atoms with Crippen molar-refractivity contribution in [2.75, 3.05) is 11.1 Å². The van der Waals surface area contributed by atoms with Crippen molar-refractivity contribution in [3.05, 3.63) is 63.9 Å². The molecule has 0 unspecified atom stereocenters. The van der Waals surface area contributed by atoms with Gasteiger partial charge in [-0.15, -0.1) is 11.3 Å². The Hall–Kier alpha value is -2.18. The second-order valence-electron chi connectivity index (χ2n) is 4.63. The van der Waals surface area contributed by atoms with Crippen LogP contribution in [0.2, 0.25) is 0 Å². The lowest BCUT2D eigenvalue weighted by atomic mass is 10.1. The van der Waals surface area contributed by atoms with Gasteiger partial charge in [0.1, 0.15) is 0 Å². The van der Waals surface area contributed by atoms with Crippen molar-refractivity contribution in [3.63, 3.8) is 0 Å². The maximum atomic E-state index is 12.2. The van der Waals surface area contributed by atoms with Gasteiger partial charge in [-0.05, 0) is 30.3 Å². The van der Waals surface area contributed by atoms with Gasteiger partial charge in [0.05, 0.1) is 5.69 Å². The smallest absolute Gasteiger partial charge is 0.257 e. The average Bonchev–Trinajstić information content (AvgIpc) is 2.96. The molecular weight excluding hydrogens is 362 g/mol. The van der Waals surface area contributed by atoms with Crippen molar-refractivity contribution in [2.45, 2.75) is 0 Å². The zero-order chi connectivity index (χ0) is 15.5. The summed E-state index contributed by atoms with van der Waals surface area (Å²) in [5.74, 6) is -0.185. The number of benzene rings is 2. The standard InChI is InChI=1S/C16H12BrN3OS/c17-12-5-1-4-11(7-12)15(21)20-16-19-14(9-22-16)10-3-2-6-13(18)8-10/h1-9H,18H2,(H,19,20,21). The van der Waals surface area contributed by atoms with Gasteiger partial charge in [0, 0.05) is 26.7 Å². The highest BCUT2D eigenvalue weighted by Crippen LogP contribution is 2.26. The Morgan fingerprint density at radius 2 is 2.00 bits per heavy atom. The van der Waals surface area contributed by atoms with E-state index in [1.165, 1.54) is 11.3 Å². The first-order valence-electron chi connectivity index (χ1n) is 6.50. The molecule has 1 heterocycles. The molecule has 0 aliphatic rings. The lowest BCUT2D eigenvalue weighted by molar-refractivity contribution is 0.102. The van der Waals surface area contributed by atoms with E-state index in [9.17, 15) is 4.79 Å². The molecule has 3 rings (SSSR count). The van der Waals surface area contributed by atoms with Crippen molar-refractivity contribution in [1.29, 1.82) is 0 Å². The third-order valence-corrected chi connectivity index (χ3v) is 4.24. The number of nitrogen functional groups attached to an aromatic ring is 1. The zero-order valence-corrected chi connectivity index (χ0v) is 13.8. The SMILES string of the molecule is Nc1cccc(-c2csc(NC(=O)c3cccc(Br)c3)n2)c1. The number of carbonyl (C=O) groups is 1. The van der Waals surface area contributed by atoms with Crippen molar-refractivity contribution < 1.29 is 4.79 Å². The number of nitrogens with zero attached hydrogens (tertiary/aromatic N) is 1. The quantitative estimate of drug-likeness (QED) is 0.668. The number of amides is 1. The monoisotopic (exact) mass is 373 g/mol. The van der Waals surface area contributed by atoms with Crippen LogP contribution in [0.1, 0.15) is 10.4 Å². The number of nitrogens with one attached hydrogen (secondary N) is 1. The molecule has 1 aromatic heterocycles. The molecule has 6 heteroatoms. The summed E-state index contributed by atoms with van der Waals surface area (Å²) in [5.41, 5.74) is 8.76. The Labute approximate surface area is 140 Å². The van der Waals surface area contributed by atoms with Gasteiger partial charge in [0.25, 0.3) is 5.91 Å². The average molecular weight is 374 g/mol. The molecule has 3 aromatic rings. The zero-order valence-electron chi connectivity index (χ0n) is 11.4. The summed E-state index contributed by atoms with van der Waals surface area (Å²) in [5, 5.41) is 5.26. The summed E-state index contributed by atoms with van der Waals surface area (Å²) in [6, 6.07) is 14.7. The second kappa shape index (κ2) is 6.29. The first kappa shape index (κ1) is 14.7. The van der Waals surface area contributed by atoms with Gasteiger partial charge in [-0.3, -0.25) is 10.1 Å². The van der Waals surface area contributed by atoms with E-state index in [4.69, 9.17) is 5.73 Å². The van der Waals surface area contributed by atoms with Crippen molar-refractivity contribution in [3.8, 4) is 11.3 Å². The van der Waals surface area contributed by atoms with Crippen molar-refractivity contribution in [1.82, 2.24) is 4.98 Å². The van der Waals surface area contributed by atoms with E-state index >= 15 is 0 Å². The summed E-state index contributed by atoms with van der Waals surface area (Å²) in [4.78, 5) is 16.6. The number of aromatic nitrogens is 1. The highest BCUT2D eigenvalue weighted by atomic mass is 79.9. The van der Waals surface area contributed by atoms with Crippen LogP contribution in [0.25, 0.3) is 11.3 Å². The van der Waals surface area contributed by atoms with Crippen LogP contribution in [0.15, 0.2) is 58.4 Å². The maximum absolute atomic E-state index is 12.2. The Morgan fingerprint density at radius 3 is 2.77 bits per heavy atom. The van der Waals surface area contributed by atoms with Crippen LogP contribution < -0.4 is 11.1 Å². The Kier molecular flexibility index (Phi) is 4.22. The Morgan fingerprint density at radius 1 is 1.18 bits per heavy atom. The molecule has 0 spiro atoms. The minimum atomic E-state index is -0.185. The highest BCUT2D eigenvalue weighted by Gasteiger charge is 2.10. The van der Waals surface area contributed by atoms with Gasteiger partial charge in [-0.2, -0.15) is 0 Å². The summed E-state index contributed by atoms with van der Waals surface area (Å²) in [7, 11) is 0. The molecule has 0 aliphatic heterocycles. The molecule has 0 saturated carbocycles. The Balaban J connectivity index is 1.78. The molecule has 1 amide bonds. The first-order chi connectivity index (χ1) is 10.6. The largest absolute Gasteiger partial charge is 0.399 e. The molecule has 0 saturated heterocycles. The van der Waals surface area contributed by atoms with Gasteiger partial charge in [-0.1, -0.05) is 34.1 Å². The fourth-order valence-electron chi connectivity index (χ4n) is 1.96. The summed E-state index contributed by atoms with van der Waals surface area (Å²) in [6.45, 7) is 0. The van der Waals surface area contributed by atoms with Crippen LogP contribution in [-0.4, -0.2) is 10.9 Å². The molecule has 0 bridgehead atoms. The topological polar surface area (TPSA) is 68.0 Å². The third-order valence-electron chi connectivity index (χ3n) is 2.99. The van der Waals surface area contributed by atoms with E-state index in [2.05, 4.69) is 26.2 Å². The molecule has 0 radical (unpaired) electrons. The summed E-state index contributed by atoms with van der Waals surface area (Å²) in [6.07, 6.45) is 0. The number of carbonyl (C=O) groups excluding carboxylic acids is 1. The van der Waals surface area contributed by atoms with Gasteiger partial charge < -0.3 is 5.73 Å². The summed E-state index contributed by atoms with van der Waals surface area (Å²) < 4.78 is 0.861. The number of hydrogen-bond donors (Lipinski definition) is 2. The highest BCUT2D eigenvalue weighted by molar-refractivity contribution is 9.10. The number of hydrogen-bond acceptors (Lipinski definition) is 4. The normalized spacial score (nSPS) is 10.4. The molecular formula is C16H12BrN3OS. The third kappa shape index (κ3) is 3.35. The van der Waals surface area contributed by atoms with Crippen LogP contribution in [0.4, 0.5) is 10.8 Å². The minimum absolute atomic E-state index is 0.185. The van der Waals surface area contributed by atoms with E-state index in [0.29, 0.717) is 16.4 Å². The van der Waals surface area contributed by atoms with Gasteiger partial charge in [0.15, 0.2) is 5.13 Å². The lowest BCUT2D eigenvalue weighted by Gasteiger charge is -2.02. The number of halogens is 1. The van der Waals surface area contributed by atoms with Crippen molar-refractivity contribution >= 4 is 44.0 Å². The van der Waals surface area contributed by atoms with Gasteiger partial charge in [0.2, 0.25) is 0 Å². The van der Waals surface area contributed by atoms with E-state index in [1.54, 1.807) is 12.1 Å². The minimum Gasteiger partial charge on any atom is -0.399 e. The van der Waals surface area contributed by atoms with Crippen LogP contribution >= 0.6 is 27.3 Å². The fourth-order valence-corrected chi connectivity index (χ4v) is 3.07. The summed E-state index contributed by atoms with van der Waals surface area (Å²) >= 11 is 4.73. The van der Waals surface area contributed by atoms with E-state index in [-0.39, 0.29) is 5.91 Å². The van der Waals surface area contributed by atoms with Crippen LogP contribution in [0.5, 0.6) is 0 Å². The fraction of sp³-hybridized carbons (Fsp3) is 0. The molecule has 3 N–H and O–H groups in total. The van der Waals surface area contributed by atoms with Crippen LogP contribution in [-0.2, 0) is 0 Å². The number of anilines is 2. The molecule has 22 heavy (non-hydrogen) atoms. The van der Waals surface area contributed by atoms with E-state index in [1.807, 2.05) is 41.8 Å². The van der Waals surface area contributed by atoms with Gasteiger partial charge in [-0.25, -0.2) is 4.98 Å². The predicted octanol–water partition coefficient (Wildman–Crippen LogP) is 4.41. The van der Waals surface area contributed by atoms with Crippen molar-refractivity contribution in [2.24, 2.45) is 0 Å². The number of thiazole rings is 1. The molecule has 4 nitrogen and oxygen atoms in total. The molecule has 0 fully saturated rings. The predicted molar refractivity (Wildman–Crippen MR) is 94.1 cm³/mol. The van der Waals surface area contributed by atoms with Crippen LogP contribution in [0, 0.1) is 0 Å². The number of nitrogens with two attached hydrogens (primary N) is 1. The van der Waals surface area contributed by atoms with E-state index < -0.39 is 0 Å².